The molecule has 5 rings (SSSR count). The van der Waals surface area contributed by atoms with Crippen molar-refractivity contribution in [3.8, 4) is 11.1 Å². The fourth-order valence-electron chi connectivity index (χ4n) is 4.97. The molecule has 0 bridgehead atoms. The summed E-state index contributed by atoms with van der Waals surface area (Å²) in [5.74, 6) is -0.0185. The van der Waals surface area contributed by atoms with Crippen LogP contribution in [-0.2, 0) is 14.0 Å². The minimum atomic E-state index is -0.666. The molecule has 2 aliphatic rings. The first kappa shape index (κ1) is 26.0. The summed E-state index contributed by atoms with van der Waals surface area (Å²) in [6.07, 6.45) is 1.37. The minimum Gasteiger partial charge on any atom is -0.449 e. The first-order valence-corrected chi connectivity index (χ1v) is 12.9. The van der Waals surface area contributed by atoms with Crippen LogP contribution in [0.5, 0.6) is 0 Å². The Hall–Kier alpha value is -3.62. The molecule has 0 spiro atoms. The lowest BCUT2D eigenvalue weighted by Crippen LogP contribution is -2.41. The van der Waals surface area contributed by atoms with E-state index in [9.17, 15) is 9.59 Å². The third kappa shape index (κ3) is 4.94. The highest BCUT2D eigenvalue weighted by atomic mass is 16.7. The van der Waals surface area contributed by atoms with Gasteiger partial charge in [0.15, 0.2) is 0 Å². The number of aromatic nitrogens is 1. The maximum absolute atomic E-state index is 12.9. The predicted molar refractivity (Wildman–Crippen MR) is 149 cm³/mol. The number of H-pyrrole nitrogens is 1. The molecule has 1 aliphatic carbocycles. The van der Waals surface area contributed by atoms with Crippen LogP contribution in [0.2, 0.25) is 0 Å². The van der Waals surface area contributed by atoms with Crippen LogP contribution in [0.15, 0.2) is 70.9 Å². The number of rotatable bonds is 6. The molecule has 2 heterocycles. The number of amides is 1. The van der Waals surface area contributed by atoms with Crippen molar-refractivity contribution >= 4 is 19.3 Å². The van der Waals surface area contributed by atoms with E-state index in [0.717, 1.165) is 16.7 Å². The number of benzene rings is 2. The lowest BCUT2D eigenvalue weighted by Gasteiger charge is -2.32. The normalized spacial score (nSPS) is 17.7. The molecule has 0 radical (unpaired) electrons. The summed E-state index contributed by atoms with van der Waals surface area (Å²) in [7, 11) is -0.666. The molecule has 0 atom stereocenters. The molecule has 7 nitrogen and oxygen atoms in total. The van der Waals surface area contributed by atoms with Gasteiger partial charge in [0.25, 0.3) is 0 Å². The van der Waals surface area contributed by atoms with Gasteiger partial charge in [0.2, 0.25) is 5.56 Å². The Labute approximate surface area is 223 Å². The van der Waals surface area contributed by atoms with Crippen LogP contribution in [0.3, 0.4) is 0 Å². The van der Waals surface area contributed by atoms with Gasteiger partial charge in [-0.15, -0.1) is 0 Å². The fraction of sp³-hybridized carbons (Fsp3) is 0.333. The second-order valence-electron chi connectivity index (χ2n) is 10.9. The lowest BCUT2D eigenvalue weighted by atomic mass is 9.77. The first-order valence-electron chi connectivity index (χ1n) is 12.9. The van der Waals surface area contributed by atoms with E-state index >= 15 is 0 Å². The smallest absolute Gasteiger partial charge is 0.449 e. The van der Waals surface area contributed by atoms with E-state index < -0.39 is 24.4 Å². The molecule has 2 aromatic carbocycles. The van der Waals surface area contributed by atoms with E-state index in [4.69, 9.17) is 14.0 Å². The minimum absolute atomic E-state index is 0.0185. The Kier molecular flexibility index (Phi) is 6.80. The van der Waals surface area contributed by atoms with Crippen molar-refractivity contribution in [2.45, 2.75) is 51.7 Å². The standard InChI is InChI=1S/C30H33BN2O5/c1-19-20(14-15-27(34)33-19)16-21(31-37-29(2,3)30(4,5)38-31)17-32-28(35)36-18-26-24-12-8-6-10-22(24)23-11-7-9-13-25(23)26/h6-16,26H,17-18H2,1-5H3,(H,32,35)(H,33,34). The molecule has 2 N–H and O–H groups in total. The summed E-state index contributed by atoms with van der Waals surface area (Å²) in [5, 5.41) is 2.88. The molecule has 1 amide bonds. The van der Waals surface area contributed by atoms with Gasteiger partial charge in [-0.2, -0.15) is 0 Å². The zero-order valence-corrected chi connectivity index (χ0v) is 22.5. The summed E-state index contributed by atoms with van der Waals surface area (Å²) in [6.45, 7) is 10.1. The van der Waals surface area contributed by atoms with Crippen molar-refractivity contribution < 1.29 is 18.8 Å². The van der Waals surface area contributed by atoms with Gasteiger partial charge < -0.3 is 24.3 Å². The molecule has 1 aliphatic heterocycles. The number of hydrogen-bond acceptors (Lipinski definition) is 5. The number of ether oxygens (including phenoxy) is 1. The summed E-state index contributed by atoms with van der Waals surface area (Å²) >= 11 is 0. The van der Waals surface area contributed by atoms with E-state index in [1.165, 1.54) is 17.2 Å². The van der Waals surface area contributed by atoms with Crippen LogP contribution in [0.25, 0.3) is 17.2 Å². The fourth-order valence-corrected chi connectivity index (χ4v) is 4.97. The molecular weight excluding hydrogens is 479 g/mol. The second-order valence-corrected chi connectivity index (χ2v) is 10.9. The lowest BCUT2D eigenvalue weighted by molar-refractivity contribution is 0.00578. The predicted octanol–water partition coefficient (Wildman–Crippen LogP) is 5.24. The van der Waals surface area contributed by atoms with Crippen molar-refractivity contribution in [2.24, 2.45) is 0 Å². The molecule has 3 aromatic rings. The zero-order chi connectivity index (χ0) is 27.1. The highest BCUT2D eigenvalue weighted by Gasteiger charge is 2.52. The van der Waals surface area contributed by atoms with E-state index in [1.54, 1.807) is 6.07 Å². The first-order chi connectivity index (χ1) is 18.1. The Balaban J connectivity index is 1.31. The molecule has 1 aromatic heterocycles. The van der Waals surface area contributed by atoms with E-state index in [2.05, 4.69) is 34.6 Å². The van der Waals surface area contributed by atoms with Gasteiger partial charge in [-0.3, -0.25) is 4.79 Å². The van der Waals surface area contributed by atoms with Crippen molar-refractivity contribution in [2.75, 3.05) is 13.2 Å². The molecule has 0 saturated carbocycles. The van der Waals surface area contributed by atoms with Crippen molar-refractivity contribution in [3.05, 3.63) is 98.9 Å². The van der Waals surface area contributed by atoms with Gasteiger partial charge in [-0.1, -0.05) is 54.6 Å². The van der Waals surface area contributed by atoms with Crippen LogP contribution in [0.1, 0.15) is 56.0 Å². The molecule has 0 unspecified atom stereocenters. The maximum Gasteiger partial charge on any atom is 0.492 e. The molecule has 1 fully saturated rings. The number of alkyl carbamates (subject to hydrolysis) is 1. The number of pyridine rings is 1. The van der Waals surface area contributed by atoms with E-state index in [1.807, 2.05) is 65.0 Å². The van der Waals surface area contributed by atoms with Crippen molar-refractivity contribution in [3.63, 3.8) is 0 Å². The Morgan fingerprint density at radius 3 is 2.13 bits per heavy atom. The highest BCUT2D eigenvalue weighted by Crippen LogP contribution is 2.44. The SMILES string of the molecule is Cc1[nH]c(=O)ccc1C=C(CNC(=O)OCC1c2ccccc2-c2ccccc21)B1OC(C)(C)C(C)(C)O1. The van der Waals surface area contributed by atoms with E-state index in [-0.39, 0.29) is 24.6 Å². The zero-order valence-electron chi connectivity index (χ0n) is 22.5. The molecular formula is C30H33BN2O5. The number of fused-ring (bicyclic) bond motifs is 3. The summed E-state index contributed by atoms with van der Waals surface area (Å²) in [6, 6.07) is 19.7. The molecule has 38 heavy (non-hydrogen) atoms. The average Bonchev–Trinajstić information content (AvgIpc) is 3.30. The Bertz CT molecular complexity index is 1400. The van der Waals surface area contributed by atoms with Crippen LogP contribution in [0, 0.1) is 6.92 Å². The monoisotopic (exact) mass is 512 g/mol. The van der Waals surface area contributed by atoms with Crippen LogP contribution >= 0.6 is 0 Å². The molecule has 196 valence electrons. The number of aryl methyl sites for hydroxylation is 1. The number of carbonyl (C=O) groups is 1. The summed E-state index contributed by atoms with van der Waals surface area (Å²) < 4.78 is 18.2. The third-order valence-corrected chi connectivity index (χ3v) is 7.84. The van der Waals surface area contributed by atoms with Gasteiger partial charge in [0.1, 0.15) is 6.61 Å². The van der Waals surface area contributed by atoms with Crippen LogP contribution < -0.4 is 10.9 Å². The molecule has 1 saturated heterocycles. The topological polar surface area (TPSA) is 89.7 Å². The van der Waals surface area contributed by atoms with Crippen molar-refractivity contribution in [1.29, 1.82) is 0 Å². The van der Waals surface area contributed by atoms with E-state index in [0.29, 0.717) is 11.2 Å². The van der Waals surface area contributed by atoms with Crippen molar-refractivity contribution in [1.82, 2.24) is 10.3 Å². The quantitative estimate of drug-likeness (QED) is 0.441. The summed E-state index contributed by atoms with van der Waals surface area (Å²) in [4.78, 5) is 27.4. The van der Waals surface area contributed by atoms with Gasteiger partial charge in [0.05, 0.1) is 11.2 Å². The number of nitrogens with one attached hydrogen (secondary N) is 2. The average molecular weight is 512 g/mol. The second kappa shape index (κ2) is 9.93. The summed E-state index contributed by atoms with van der Waals surface area (Å²) in [5.41, 5.74) is 5.66. The Morgan fingerprint density at radius 2 is 1.55 bits per heavy atom. The van der Waals surface area contributed by atoms with Gasteiger partial charge >= 0.3 is 13.2 Å². The highest BCUT2D eigenvalue weighted by molar-refractivity contribution is 6.56. The number of carbonyl (C=O) groups excluding carboxylic acids is 1. The van der Waals surface area contributed by atoms with Gasteiger partial charge in [-0.05, 0) is 74.0 Å². The maximum atomic E-state index is 12.9. The van der Waals surface area contributed by atoms with Crippen LogP contribution in [0.4, 0.5) is 4.79 Å². The van der Waals surface area contributed by atoms with Gasteiger partial charge in [-0.25, -0.2) is 4.79 Å². The Morgan fingerprint density at radius 1 is 0.974 bits per heavy atom. The van der Waals surface area contributed by atoms with Gasteiger partial charge in [0, 0.05) is 24.2 Å². The van der Waals surface area contributed by atoms with Crippen LogP contribution in [-0.4, -0.2) is 42.5 Å². The molecule has 8 heteroatoms. The third-order valence-electron chi connectivity index (χ3n) is 7.84. The largest absolute Gasteiger partial charge is 0.492 e. The number of aromatic amines is 1. The number of hydrogen-bond donors (Lipinski definition) is 2.